The second kappa shape index (κ2) is 44.5. The van der Waals surface area contributed by atoms with E-state index in [9.17, 15) is 0 Å². The number of hydrogen-bond acceptors (Lipinski definition) is 4. The highest BCUT2D eigenvalue weighted by Gasteiger charge is 2.19. The highest BCUT2D eigenvalue weighted by Crippen LogP contribution is 2.14. The average Bonchev–Trinajstić information content (AvgIpc) is 3.16. The van der Waals surface area contributed by atoms with Gasteiger partial charge in [-0.2, -0.15) is 7.82 Å². The van der Waals surface area contributed by atoms with E-state index in [2.05, 4.69) is 83.5 Å². The van der Waals surface area contributed by atoms with E-state index >= 15 is 0 Å². The van der Waals surface area contributed by atoms with Crippen LogP contribution in [0.4, 0.5) is 0 Å². The van der Waals surface area contributed by atoms with E-state index in [1.165, 1.54) is 246 Å². The summed E-state index contributed by atoms with van der Waals surface area (Å²) in [6.45, 7) is 33.1. The van der Waals surface area contributed by atoms with Gasteiger partial charge in [0.2, 0.25) is 0 Å². The van der Waals surface area contributed by atoms with E-state index in [0.29, 0.717) is 0 Å². The fourth-order valence-electron chi connectivity index (χ4n) is 7.34. The molecule has 0 aliphatic carbocycles. The van der Waals surface area contributed by atoms with Gasteiger partial charge in [-0.3, -0.25) is 0 Å². The Labute approximate surface area is 355 Å². The molecule has 0 radical (unpaired) electrons. The van der Waals surface area contributed by atoms with Crippen molar-refractivity contribution in [3.8, 4) is 0 Å². The standard InChI is InChI=1S/3C16H36N.H3O4P/c3*1-5-8-10-12-14-16-17(4,7-3)15-13-11-9-6-2;1-5(2,3)4/h3*5-16H2,1-4H3;(H3,1,2,3,4)/q3*+1;/p-3. The normalized spacial score (nSPS) is 14.6. The molecular formula is C48H108N3O4P. The fourth-order valence-corrected chi connectivity index (χ4v) is 7.34. The third-order valence-corrected chi connectivity index (χ3v) is 12.3. The topological polar surface area (TPSA) is 86.2 Å². The Morgan fingerprint density at radius 1 is 0.286 bits per heavy atom. The maximum atomic E-state index is 8.55. The summed E-state index contributed by atoms with van der Waals surface area (Å²) in [5.41, 5.74) is 0. The molecule has 0 saturated carbocycles. The molecule has 0 aliphatic rings. The Morgan fingerprint density at radius 3 is 0.536 bits per heavy atom. The molecule has 0 saturated heterocycles. The molecule has 3 unspecified atom stereocenters. The largest absolute Gasteiger partial charge is 0.822 e. The minimum absolute atomic E-state index is 1.30. The van der Waals surface area contributed by atoms with E-state index in [-0.39, 0.29) is 0 Å². The number of quaternary nitrogens is 3. The molecule has 0 heterocycles. The van der Waals surface area contributed by atoms with Crippen LogP contribution in [0.5, 0.6) is 0 Å². The number of phosphoric acid groups is 1. The van der Waals surface area contributed by atoms with E-state index in [0.717, 1.165) is 0 Å². The van der Waals surface area contributed by atoms with Crippen LogP contribution in [0.1, 0.15) is 236 Å². The first-order valence-electron chi connectivity index (χ1n) is 24.8. The molecule has 0 spiro atoms. The first-order valence-corrected chi connectivity index (χ1v) is 26.2. The molecule has 0 bridgehead atoms. The van der Waals surface area contributed by atoms with Crippen LogP contribution >= 0.6 is 7.82 Å². The van der Waals surface area contributed by atoms with Crippen molar-refractivity contribution in [3.05, 3.63) is 0 Å². The maximum absolute atomic E-state index is 8.55. The molecule has 0 fully saturated rings. The molecule has 344 valence electrons. The summed E-state index contributed by atoms with van der Waals surface area (Å²) in [5.74, 6) is 0. The number of rotatable bonds is 36. The number of hydrogen-bond donors (Lipinski definition) is 0. The highest BCUT2D eigenvalue weighted by atomic mass is 31.2. The molecule has 56 heavy (non-hydrogen) atoms. The molecule has 7 nitrogen and oxygen atoms in total. The quantitative estimate of drug-likeness (QED) is 0.0358. The Hall–Kier alpha value is -0.0100. The minimum Gasteiger partial charge on any atom is -0.822 e. The Kier molecular flexibility index (Phi) is 49.8. The van der Waals surface area contributed by atoms with E-state index < -0.39 is 7.82 Å². The predicted octanol–water partition coefficient (Wildman–Crippen LogP) is 12.2. The monoisotopic (exact) mass is 822 g/mol. The molecule has 3 atom stereocenters. The lowest BCUT2D eigenvalue weighted by atomic mass is 10.1. The summed E-state index contributed by atoms with van der Waals surface area (Å²) in [5, 5.41) is 0. The first-order chi connectivity index (χ1) is 26.5. The van der Waals surface area contributed by atoms with Crippen molar-refractivity contribution in [2.24, 2.45) is 0 Å². The summed E-state index contributed by atoms with van der Waals surface area (Å²) >= 11 is 0. The van der Waals surface area contributed by atoms with Crippen LogP contribution in [0.15, 0.2) is 0 Å². The van der Waals surface area contributed by atoms with Crippen molar-refractivity contribution in [2.75, 3.05) is 80.0 Å². The molecule has 0 N–H and O–H groups in total. The van der Waals surface area contributed by atoms with Gasteiger partial charge in [0.15, 0.2) is 0 Å². The molecule has 0 rings (SSSR count). The van der Waals surface area contributed by atoms with Crippen LogP contribution in [0.25, 0.3) is 0 Å². The lowest BCUT2D eigenvalue weighted by Crippen LogP contribution is -2.45. The van der Waals surface area contributed by atoms with Gasteiger partial charge in [0.25, 0.3) is 0 Å². The van der Waals surface area contributed by atoms with Crippen molar-refractivity contribution < 1.29 is 32.7 Å². The summed E-state index contributed by atoms with van der Waals surface area (Å²) < 4.78 is 12.5. The SMILES string of the molecule is CCCCCCC[N+](C)(CC)CCCCCC.CCCCCCC[N+](C)(CC)CCCCCC.CCCCCCC[N+](C)(CC)CCCCCC.O=P([O-])([O-])[O-]. The van der Waals surface area contributed by atoms with Gasteiger partial charge >= 0.3 is 0 Å². The third kappa shape index (κ3) is 52.0. The zero-order valence-electron chi connectivity index (χ0n) is 40.9. The third-order valence-electron chi connectivity index (χ3n) is 12.3. The van der Waals surface area contributed by atoms with Gasteiger partial charge in [0.1, 0.15) is 0 Å². The van der Waals surface area contributed by atoms with Gasteiger partial charge in [-0.15, -0.1) is 0 Å². The smallest absolute Gasteiger partial charge is 0.0784 e. The lowest BCUT2D eigenvalue weighted by Gasteiger charge is -2.36. The van der Waals surface area contributed by atoms with Crippen molar-refractivity contribution >= 4 is 7.82 Å². The molecule has 0 amide bonds. The second-order valence-corrected chi connectivity index (χ2v) is 18.9. The maximum Gasteiger partial charge on any atom is 0.0784 e. The van der Waals surface area contributed by atoms with Gasteiger partial charge in [-0.1, -0.05) is 138 Å². The van der Waals surface area contributed by atoms with Crippen LogP contribution in [-0.4, -0.2) is 93.5 Å². The molecule has 0 aromatic heterocycles. The van der Waals surface area contributed by atoms with Crippen LogP contribution in [0.3, 0.4) is 0 Å². The van der Waals surface area contributed by atoms with Gasteiger partial charge < -0.3 is 32.7 Å². The summed E-state index contributed by atoms with van der Waals surface area (Å²) in [4.78, 5) is 25.6. The molecule has 0 aromatic carbocycles. The summed E-state index contributed by atoms with van der Waals surface area (Å²) in [6, 6.07) is 0. The van der Waals surface area contributed by atoms with Gasteiger partial charge in [0.05, 0.1) is 80.0 Å². The van der Waals surface area contributed by atoms with Crippen LogP contribution in [0, 0.1) is 0 Å². The Morgan fingerprint density at radius 2 is 0.411 bits per heavy atom. The van der Waals surface area contributed by atoms with Crippen LogP contribution in [0.2, 0.25) is 0 Å². The van der Waals surface area contributed by atoms with Gasteiger partial charge in [0, 0.05) is 0 Å². The number of unbranched alkanes of at least 4 members (excludes halogenated alkanes) is 21. The molecule has 0 aromatic rings. The fraction of sp³-hybridized carbons (Fsp3) is 1.00. The number of nitrogens with zero attached hydrogens (tertiary/aromatic N) is 3. The van der Waals surface area contributed by atoms with Crippen molar-refractivity contribution in [2.45, 2.75) is 236 Å². The van der Waals surface area contributed by atoms with Gasteiger partial charge in [-0.05, 0) is 97.8 Å². The highest BCUT2D eigenvalue weighted by molar-refractivity contribution is 7.40. The van der Waals surface area contributed by atoms with E-state index in [1.54, 1.807) is 0 Å². The van der Waals surface area contributed by atoms with Crippen LogP contribution < -0.4 is 14.7 Å². The minimum atomic E-state index is -5.39. The van der Waals surface area contributed by atoms with E-state index in [1.807, 2.05) is 0 Å². The predicted molar refractivity (Wildman–Crippen MR) is 246 cm³/mol. The van der Waals surface area contributed by atoms with Crippen LogP contribution in [-0.2, 0) is 4.57 Å². The Bertz CT molecular complexity index is 707. The van der Waals surface area contributed by atoms with Crippen molar-refractivity contribution in [1.82, 2.24) is 0 Å². The van der Waals surface area contributed by atoms with Crippen molar-refractivity contribution in [1.29, 1.82) is 0 Å². The Balaban J connectivity index is -0.000000340. The lowest BCUT2D eigenvalue weighted by molar-refractivity contribution is -0.908. The average molecular weight is 822 g/mol. The molecule has 8 heteroatoms. The molecule has 0 aliphatic heterocycles. The summed E-state index contributed by atoms with van der Waals surface area (Å²) in [7, 11) is 1.96. The first kappa shape index (κ1) is 62.6. The molecular weight excluding hydrogens is 714 g/mol. The zero-order chi connectivity index (χ0) is 43.5. The zero-order valence-corrected chi connectivity index (χ0v) is 41.8. The van der Waals surface area contributed by atoms with E-state index in [4.69, 9.17) is 19.2 Å². The summed E-state index contributed by atoms with van der Waals surface area (Å²) in [6.07, 6.45) is 38.2. The second-order valence-electron chi connectivity index (χ2n) is 18.0. The van der Waals surface area contributed by atoms with Crippen molar-refractivity contribution in [3.63, 3.8) is 0 Å². The van der Waals surface area contributed by atoms with Gasteiger partial charge in [-0.25, -0.2) is 0 Å².